The third-order valence-corrected chi connectivity index (χ3v) is 6.52. The second-order valence-corrected chi connectivity index (χ2v) is 8.28. The Hall–Kier alpha value is -1.63. The lowest BCUT2D eigenvalue weighted by atomic mass is 10.2. The van der Waals surface area contributed by atoms with Gasteiger partial charge in [-0.15, -0.1) is 22.7 Å². The molecule has 2 nitrogen and oxygen atoms in total. The van der Waals surface area contributed by atoms with Gasteiger partial charge in [-0.1, -0.05) is 18.2 Å². The van der Waals surface area contributed by atoms with Crippen molar-refractivity contribution in [1.29, 1.82) is 0 Å². The summed E-state index contributed by atoms with van der Waals surface area (Å²) in [6.45, 7) is 0.651. The van der Waals surface area contributed by atoms with E-state index in [0.717, 1.165) is 21.9 Å². The average molecular weight is 378 g/mol. The quantitative estimate of drug-likeness (QED) is 0.568. The second kappa shape index (κ2) is 8.46. The lowest BCUT2D eigenvalue weighted by molar-refractivity contribution is 0.0960. The maximum Gasteiger partial charge on any atom is 0.261 e. The van der Waals surface area contributed by atoms with E-state index in [1.54, 1.807) is 23.5 Å². The van der Waals surface area contributed by atoms with Gasteiger partial charge in [-0.2, -0.15) is 11.8 Å². The van der Waals surface area contributed by atoms with Gasteiger partial charge in [0.1, 0.15) is 5.82 Å². The molecule has 124 valence electrons. The van der Waals surface area contributed by atoms with Gasteiger partial charge in [-0.05, 0) is 41.3 Å². The number of benzene rings is 1. The van der Waals surface area contributed by atoms with Crippen molar-refractivity contribution in [3.8, 4) is 10.4 Å². The van der Waals surface area contributed by atoms with E-state index in [9.17, 15) is 9.18 Å². The van der Waals surface area contributed by atoms with E-state index < -0.39 is 0 Å². The van der Waals surface area contributed by atoms with Crippen molar-refractivity contribution >= 4 is 40.3 Å². The van der Waals surface area contributed by atoms with Crippen LogP contribution in [-0.2, 0) is 5.75 Å². The molecule has 0 saturated heterocycles. The zero-order chi connectivity index (χ0) is 16.8. The molecule has 2 aromatic heterocycles. The van der Waals surface area contributed by atoms with Crippen molar-refractivity contribution in [3.63, 3.8) is 0 Å². The van der Waals surface area contributed by atoms with Crippen LogP contribution >= 0.6 is 34.4 Å². The van der Waals surface area contributed by atoms with Crippen LogP contribution in [0, 0.1) is 5.82 Å². The molecule has 0 atom stereocenters. The van der Waals surface area contributed by atoms with Crippen LogP contribution in [0.2, 0.25) is 0 Å². The average Bonchev–Trinajstić information content (AvgIpc) is 3.27. The van der Waals surface area contributed by atoms with Crippen molar-refractivity contribution in [3.05, 3.63) is 69.5 Å². The van der Waals surface area contributed by atoms with Gasteiger partial charge >= 0.3 is 0 Å². The second-order valence-electron chi connectivity index (χ2n) is 5.06. The third kappa shape index (κ3) is 4.69. The first kappa shape index (κ1) is 17.2. The minimum atomic E-state index is -0.256. The molecule has 2 heterocycles. The number of carbonyl (C=O) groups is 1. The summed E-state index contributed by atoms with van der Waals surface area (Å²) < 4.78 is 13.0. The Balaban J connectivity index is 1.46. The van der Waals surface area contributed by atoms with E-state index in [1.165, 1.54) is 28.3 Å². The molecule has 0 aliphatic heterocycles. The number of thiophene rings is 2. The highest BCUT2D eigenvalue weighted by atomic mass is 32.2. The van der Waals surface area contributed by atoms with Crippen molar-refractivity contribution in [2.75, 3.05) is 12.3 Å². The molecule has 6 heteroatoms. The summed E-state index contributed by atoms with van der Waals surface area (Å²) in [5.41, 5.74) is 0.923. The van der Waals surface area contributed by atoms with Crippen LogP contribution in [0.25, 0.3) is 10.4 Å². The summed E-state index contributed by atoms with van der Waals surface area (Å²) in [6, 6.07) is 14.2. The topological polar surface area (TPSA) is 29.1 Å². The van der Waals surface area contributed by atoms with Crippen LogP contribution in [0.5, 0.6) is 0 Å². The van der Waals surface area contributed by atoms with E-state index in [2.05, 4.69) is 22.8 Å². The van der Waals surface area contributed by atoms with E-state index in [4.69, 9.17) is 0 Å². The molecule has 1 aromatic carbocycles. The van der Waals surface area contributed by atoms with E-state index >= 15 is 0 Å². The maximum absolute atomic E-state index is 13.0. The van der Waals surface area contributed by atoms with Crippen molar-refractivity contribution in [2.45, 2.75) is 5.75 Å². The highest BCUT2D eigenvalue weighted by Gasteiger charge is 2.10. The summed E-state index contributed by atoms with van der Waals surface area (Å²) in [5.74, 6) is 1.57. The Morgan fingerprint density at radius 2 is 1.96 bits per heavy atom. The number of hydrogen-bond donors (Lipinski definition) is 1. The van der Waals surface area contributed by atoms with Gasteiger partial charge in [0.15, 0.2) is 0 Å². The fourth-order valence-corrected chi connectivity index (χ4v) is 4.75. The summed E-state index contributed by atoms with van der Waals surface area (Å²) in [4.78, 5) is 15.2. The number of amides is 1. The third-order valence-electron chi connectivity index (χ3n) is 3.31. The van der Waals surface area contributed by atoms with Crippen LogP contribution in [0.3, 0.4) is 0 Å². The van der Waals surface area contributed by atoms with Crippen molar-refractivity contribution in [1.82, 2.24) is 5.32 Å². The molecule has 1 N–H and O–H groups in total. The molecular formula is C18H16FNOS3. The smallest absolute Gasteiger partial charge is 0.261 e. The number of rotatable bonds is 7. The molecule has 0 unspecified atom stereocenters. The van der Waals surface area contributed by atoms with E-state index in [0.29, 0.717) is 11.4 Å². The molecular weight excluding hydrogens is 361 g/mol. The van der Waals surface area contributed by atoms with Gasteiger partial charge in [0, 0.05) is 27.8 Å². The molecule has 1 amide bonds. The molecule has 0 aliphatic rings. The van der Waals surface area contributed by atoms with Crippen molar-refractivity contribution < 1.29 is 9.18 Å². The lowest BCUT2D eigenvalue weighted by Crippen LogP contribution is -2.24. The van der Waals surface area contributed by atoms with Crippen LogP contribution in [-0.4, -0.2) is 18.2 Å². The molecule has 0 spiro atoms. The Labute approximate surface area is 152 Å². The van der Waals surface area contributed by atoms with Crippen LogP contribution < -0.4 is 5.32 Å². The van der Waals surface area contributed by atoms with E-state index in [1.807, 2.05) is 23.9 Å². The summed E-state index contributed by atoms with van der Waals surface area (Å²) in [5, 5.41) is 5.02. The standard InChI is InChI=1S/C18H16FNOS3/c19-14-5-3-13(4-6-14)16-7-8-17(24-16)18(21)20-9-11-22-12-15-2-1-10-23-15/h1-8,10H,9,11-12H2,(H,20,21). The van der Waals surface area contributed by atoms with Crippen LogP contribution in [0.15, 0.2) is 53.9 Å². The molecule has 3 rings (SSSR count). The monoisotopic (exact) mass is 377 g/mol. The van der Waals surface area contributed by atoms with Crippen LogP contribution in [0.4, 0.5) is 4.39 Å². The highest BCUT2D eigenvalue weighted by molar-refractivity contribution is 7.98. The fourth-order valence-electron chi connectivity index (χ4n) is 2.12. The fraction of sp³-hybridized carbons (Fsp3) is 0.167. The first-order valence-corrected chi connectivity index (χ1v) is 10.3. The first-order valence-electron chi connectivity index (χ1n) is 7.46. The summed E-state index contributed by atoms with van der Waals surface area (Å²) in [6.07, 6.45) is 0. The van der Waals surface area contributed by atoms with Gasteiger partial charge in [-0.25, -0.2) is 4.39 Å². The first-order chi connectivity index (χ1) is 11.7. The normalized spacial score (nSPS) is 10.7. The van der Waals surface area contributed by atoms with E-state index in [-0.39, 0.29) is 11.7 Å². The zero-order valence-electron chi connectivity index (χ0n) is 12.8. The Morgan fingerprint density at radius 3 is 2.71 bits per heavy atom. The number of nitrogens with one attached hydrogen (secondary N) is 1. The maximum atomic E-state index is 13.0. The predicted molar refractivity (Wildman–Crippen MR) is 103 cm³/mol. The SMILES string of the molecule is O=C(NCCSCc1cccs1)c1ccc(-c2ccc(F)cc2)s1. The lowest BCUT2D eigenvalue weighted by Gasteiger charge is -2.03. The predicted octanol–water partition coefficient (Wildman–Crippen LogP) is 5.28. The van der Waals surface area contributed by atoms with Gasteiger partial charge in [-0.3, -0.25) is 4.79 Å². The largest absolute Gasteiger partial charge is 0.351 e. The van der Waals surface area contributed by atoms with Gasteiger partial charge < -0.3 is 5.32 Å². The van der Waals surface area contributed by atoms with Crippen LogP contribution in [0.1, 0.15) is 14.5 Å². The molecule has 0 fully saturated rings. The van der Waals surface area contributed by atoms with Crippen molar-refractivity contribution in [2.24, 2.45) is 0 Å². The summed E-state index contributed by atoms with van der Waals surface area (Å²) in [7, 11) is 0. The van der Waals surface area contributed by atoms with Gasteiger partial charge in [0.2, 0.25) is 0 Å². The molecule has 0 aliphatic carbocycles. The molecule has 0 saturated carbocycles. The number of thioether (sulfide) groups is 1. The number of carbonyl (C=O) groups excluding carboxylic acids is 1. The highest BCUT2D eigenvalue weighted by Crippen LogP contribution is 2.28. The van der Waals surface area contributed by atoms with Gasteiger partial charge in [0.25, 0.3) is 5.91 Å². The Kier molecular flexibility index (Phi) is 6.07. The Morgan fingerprint density at radius 1 is 1.12 bits per heavy atom. The summed E-state index contributed by atoms with van der Waals surface area (Å²) >= 11 is 4.99. The van der Waals surface area contributed by atoms with Gasteiger partial charge in [0.05, 0.1) is 4.88 Å². The molecule has 0 radical (unpaired) electrons. The number of halogens is 1. The molecule has 24 heavy (non-hydrogen) atoms. The zero-order valence-corrected chi connectivity index (χ0v) is 15.3. The molecule has 3 aromatic rings. The number of hydrogen-bond acceptors (Lipinski definition) is 4. The Bertz CT molecular complexity index is 781. The minimum Gasteiger partial charge on any atom is -0.351 e. The minimum absolute atomic E-state index is 0.0508. The molecule has 0 bridgehead atoms.